The summed E-state index contributed by atoms with van der Waals surface area (Å²) in [5, 5.41) is 7.39. The van der Waals surface area contributed by atoms with Crippen LogP contribution in [0.1, 0.15) is 43.6 Å². The first-order valence-electron chi connectivity index (χ1n) is 8.26. The lowest BCUT2D eigenvalue weighted by atomic mass is 9.92. The maximum absolute atomic E-state index is 12.2. The molecule has 1 unspecified atom stereocenters. The molecule has 1 N–H and O–H groups in total. The molecule has 6 heteroatoms. The Morgan fingerprint density at radius 2 is 2.00 bits per heavy atom. The lowest BCUT2D eigenvalue weighted by Crippen LogP contribution is -2.25. The van der Waals surface area contributed by atoms with Gasteiger partial charge in [-0.25, -0.2) is 4.68 Å². The molecule has 0 spiro atoms. The number of benzene rings is 1. The minimum Gasteiger partial charge on any atom is -0.460 e. The van der Waals surface area contributed by atoms with Crippen molar-refractivity contribution < 1.29 is 9.21 Å². The van der Waals surface area contributed by atoms with Crippen LogP contribution < -0.4 is 5.32 Å². The summed E-state index contributed by atoms with van der Waals surface area (Å²) in [6.07, 6.45) is 2.20. The van der Waals surface area contributed by atoms with E-state index < -0.39 is 0 Å². The summed E-state index contributed by atoms with van der Waals surface area (Å²) in [6, 6.07) is 12.1. The van der Waals surface area contributed by atoms with Crippen molar-refractivity contribution in [2.75, 3.05) is 5.32 Å². The Kier molecular flexibility index (Phi) is 4.00. The van der Waals surface area contributed by atoms with Gasteiger partial charge < -0.3 is 9.73 Å². The van der Waals surface area contributed by atoms with Crippen LogP contribution in [0.5, 0.6) is 0 Å². The maximum atomic E-state index is 12.2. The number of rotatable bonds is 3. The van der Waals surface area contributed by atoms with Gasteiger partial charge in [0.2, 0.25) is 5.91 Å². The summed E-state index contributed by atoms with van der Waals surface area (Å²) in [5.74, 6) is 2.24. The molecule has 0 fully saturated rings. The van der Waals surface area contributed by atoms with E-state index in [9.17, 15) is 4.79 Å². The fourth-order valence-electron chi connectivity index (χ4n) is 3.19. The SMILES string of the molecule is CC(C)n1ncc2c1NC(=O)CC2c1ccc(-c2ccc(Br)cc2)o1. The molecule has 1 aromatic carbocycles. The lowest BCUT2D eigenvalue weighted by Gasteiger charge is -2.23. The predicted molar refractivity (Wildman–Crippen MR) is 99.5 cm³/mol. The molecule has 3 aromatic rings. The van der Waals surface area contributed by atoms with Gasteiger partial charge in [0, 0.05) is 28.1 Å². The number of furan rings is 1. The topological polar surface area (TPSA) is 60.1 Å². The van der Waals surface area contributed by atoms with Crippen molar-refractivity contribution in [1.82, 2.24) is 9.78 Å². The molecular formula is C19H18BrN3O2. The summed E-state index contributed by atoms with van der Waals surface area (Å²) in [7, 11) is 0. The zero-order valence-corrected chi connectivity index (χ0v) is 15.6. The van der Waals surface area contributed by atoms with Crippen LogP contribution >= 0.6 is 15.9 Å². The molecule has 0 saturated carbocycles. The van der Waals surface area contributed by atoms with Gasteiger partial charge in [0.15, 0.2) is 0 Å². The van der Waals surface area contributed by atoms with Crippen molar-refractivity contribution in [2.45, 2.75) is 32.2 Å². The van der Waals surface area contributed by atoms with Crippen molar-refractivity contribution in [2.24, 2.45) is 0 Å². The molecule has 0 saturated heterocycles. The van der Waals surface area contributed by atoms with Gasteiger partial charge in [0.25, 0.3) is 0 Å². The molecule has 4 rings (SSSR count). The van der Waals surface area contributed by atoms with Gasteiger partial charge in [-0.2, -0.15) is 5.10 Å². The largest absolute Gasteiger partial charge is 0.460 e. The number of aromatic nitrogens is 2. The third kappa shape index (κ3) is 2.91. The van der Waals surface area contributed by atoms with Gasteiger partial charge in [-0.05, 0) is 38.1 Å². The van der Waals surface area contributed by atoms with Gasteiger partial charge >= 0.3 is 0 Å². The first-order valence-corrected chi connectivity index (χ1v) is 9.05. The predicted octanol–water partition coefficient (Wildman–Crippen LogP) is 4.96. The van der Waals surface area contributed by atoms with Gasteiger partial charge in [-0.15, -0.1) is 0 Å². The number of fused-ring (bicyclic) bond motifs is 1. The highest BCUT2D eigenvalue weighted by Gasteiger charge is 2.32. The van der Waals surface area contributed by atoms with Crippen LogP contribution in [-0.4, -0.2) is 15.7 Å². The second kappa shape index (κ2) is 6.19. The number of halogens is 1. The van der Waals surface area contributed by atoms with E-state index in [1.807, 2.05) is 61.1 Å². The van der Waals surface area contributed by atoms with E-state index in [-0.39, 0.29) is 17.9 Å². The zero-order valence-electron chi connectivity index (χ0n) is 14.0. The Hall–Kier alpha value is -2.34. The van der Waals surface area contributed by atoms with Crippen molar-refractivity contribution in [3.8, 4) is 11.3 Å². The summed E-state index contributed by atoms with van der Waals surface area (Å²) in [4.78, 5) is 12.2. The van der Waals surface area contributed by atoms with E-state index >= 15 is 0 Å². The number of hydrogen-bond donors (Lipinski definition) is 1. The molecule has 1 aliphatic heterocycles. The smallest absolute Gasteiger partial charge is 0.226 e. The fraction of sp³-hybridized carbons (Fsp3) is 0.263. The molecular weight excluding hydrogens is 382 g/mol. The van der Waals surface area contributed by atoms with Crippen LogP contribution in [-0.2, 0) is 4.79 Å². The van der Waals surface area contributed by atoms with Gasteiger partial charge in [-0.3, -0.25) is 4.79 Å². The number of nitrogens with one attached hydrogen (secondary N) is 1. The number of carbonyl (C=O) groups excluding carboxylic acids is 1. The molecule has 1 atom stereocenters. The van der Waals surface area contributed by atoms with E-state index in [0.717, 1.165) is 32.9 Å². The molecule has 2 aromatic heterocycles. The molecule has 0 aliphatic carbocycles. The first-order chi connectivity index (χ1) is 12.0. The molecule has 1 amide bonds. The number of hydrogen-bond acceptors (Lipinski definition) is 3. The molecule has 3 heterocycles. The lowest BCUT2D eigenvalue weighted by molar-refractivity contribution is -0.116. The van der Waals surface area contributed by atoms with Crippen LogP contribution in [0.25, 0.3) is 11.3 Å². The van der Waals surface area contributed by atoms with E-state index in [2.05, 4.69) is 26.3 Å². The van der Waals surface area contributed by atoms with Crippen LogP contribution in [0, 0.1) is 0 Å². The summed E-state index contributed by atoms with van der Waals surface area (Å²) in [6.45, 7) is 4.09. The van der Waals surface area contributed by atoms with E-state index in [0.29, 0.717) is 6.42 Å². The quantitative estimate of drug-likeness (QED) is 0.676. The van der Waals surface area contributed by atoms with Crippen molar-refractivity contribution >= 4 is 27.7 Å². The standard InChI is InChI=1S/C19H18BrN3O2/c1-11(2)23-19-15(10-21-23)14(9-18(24)22-19)17-8-7-16(25-17)12-3-5-13(20)6-4-12/h3-8,10-11,14H,9H2,1-2H3,(H,22,24). The van der Waals surface area contributed by atoms with Gasteiger partial charge in [0.05, 0.1) is 12.1 Å². The number of amides is 1. The van der Waals surface area contributed by atoms with Crippen molar-refractivity contribution in [3.05, 3.63) is 58.4 Å². The second-order valence-corrected chi connectivity index (χ2v) is 7.42. The Balaban J connectivity index is 1.71. The Morgan fingerprint density at radius 1 is 1.24 bits per heavy atom. The summed E-state index contributed by atoms with van der Waals surface area (Å²) in [5.41, 5.74) is 2.01. The zero-order chi connectivity index (χ0) is 17.6. The molecule has 25 heavy (non-hydrogen) atoms. The summed E-state index contributed by atoms with van der Waals surface area (Å²) >= 11 is 3.44. The highest BCUT2D eigenvalue weighted by atomic mass is 79.9. The Labute approximate surface area is 154 Å². The fourth-order valence-corrected chi connectivity index (χ4v) is 3.46. The second-order valence-electron chi connectivity index (χ2n) is 6.50. The third-order valence-corrected chi connectivity index (χ3v) is 4.96. The normalized spacial score (nSPS) is 16.8. The van der Waals surface area contributed by atoms with E-state index in [4.69, 9.17) is 4.42 Å². The van der Waals surface area contributed by atoms with Gasteiger partial charge in [0.1, 0.15) is 17.3 Å². The minimum atomic E-state index is -0.111. The van der Waals surface area contributed by atoms with Crippen molar-refractivity contribution in [1.29, 1.82) is 0 Å². The highest BCUT2D eigenvalue weighted by Crippen LogP contribution is 2.39. The number of anilines is 1. The molecule has 0 bridgehead atoms. The van der Waals surface area contributed by atoms with E-state index in [1.54, 1.807) is 0 Å². The highest BCUT2D eigenvalue weighted by molar-refractivity contribution is 9.10. The van der Waals surface area contributed by atoms with E-state index in [1.165, 1.54) is 0 Å². The molecule has 128 valence electrons. The Bertz CT molecular complexity index is 925. The minimum absolute atomic E-state index is 0.0125. The monoisotopic (exact) mass is 399 g/mol. The Morgan fingerprint density at radius 3 is 2.72 bits per heavy atom. The first kappa shape index (κ1) is 16.1. The van der Waals surface area contributed by atoms with Crippen molar-refractivity contribution in [3.63, 3.8) is 0 Å². The van der Waals surface area contributed by atoms with Crippen LogP contribution in [0.2, 0.25) is 0 Å². The van der Waals surface area contributed by atoms with Crippen LogP contribution in [0.3, 0.4) is 0 Å². The maximum Gasteiger partial charge on any atom is 0.226 e. The average Bonchev–Trinajstić information content (AvgIpc) is 3.21. The molecule has 1 aliphatic rings. The molecule has 0 radical (unpaired) electrons. The third-order valence-electron chi connectivity index (χ3n) is 4.43. The molecule has 5 nitrogen and oxygen atoms in total. The van der Waals surface area contributed by atoms with Crippen LogP contribution in [0.4, 0.5) is 5.82 Å². The average molecular weight is 400 g/mol. The summed E-state index contributed by atoms with van der Waals surface area (Å²) < 4.78 is 8.96. The number of nitrogens with zero attached hydrogens (tertiary/aromatic N) is 2. The van der Waals surface area contributed by atoms with Gasteiger partial charge in [-0.1, -0.05) is 28.1 Å². The number of carbonyl (C=O) groups is 1. The van der Waals surface area contributed by atoms with Crippen LogP contribution in [0.15, 0.2) is 51.5 Å².